The highest BCUT2D eigenvalue weighted by Crippen LogP contribution is 2.29. The van der Waals surface area contributed by atoms with Gasteiger partial charge in [-0.3, -0.25) is 19.2 Å². The highest BCUT2D eigenvalue weighted by Gasteiger charge is 2.52. The Bertz CT molecular complexity index is 663. The Kier molecular flexibility index (Phi) is 9.86. The zero-order valence-electron chi connectivity index (χ0n) is 16.4. The van der Waals surface area contributed by atoms with E-state index in [0.29, 0.717) is 0 Å². The van der Waals surface area contributed by atoms with Crippen LogP contribution < -0.4 is 0 Å². The van der Waals surface area contributed by atoms with Gasteiger partial charge in [0, 0.05) is 39.2 Å². The lowest BCUT2D eigenvalue weighted by molar-refractivity contribution is -0.307. The van der Waals surface area contributed by atoms with Gasteiger partial charge in [0.15, 0.2) is 24.6 Å². The Balaban J connectivity index is 3.22. The molecule has 2 unspecified atom stereocenters. The predicted molar refractivity (Wildman–Crippen MR) is 91.9 cm³/mol. The highest BCUT2D eigenvalue weighted by atomic mass is 16.7. The van der Waals surface area contributed by atoms with Gasteiger partial charge < -0.3 is 28.4 Å². The second kappa shape index (κ2) is 11.8. The first kappa shape index (κ1) is 24.1. The molecule has 13 heteroatoms. The number of azide groups is 1. The van der Waals surface area contributed by atoms with Gasteiger partial charge in [0.25, 0.3) is 0 Å². The monoisotopic (exact) mass is 417 g/mol. The van der Waals surface area contributed by atoms with E-state index in [4.69, 9.17) is 34.0 Å². The largest absolute Gasteiger partial charge is 0.463 e. The zero-order valence-corrected chi connectivity index (χ0v) is 16.4. The summed E-state index contributed by atoms with van der Waals surface area (Å²) in [5.41, 5.74) is 8.35. The molecular weight excluding hydrogens is 394 g/mol. The molecule has 13 nitrogen and oxygen atoms in total. The van der Waals surface area contributed by atoms with E-state index in [-0.39, 0.29) is 19.8 Å². The minimum absolute atomic E-state index is 0.0522. The molecule has 1 fully saturated rings. The Morgan fingerprint density at radius 2 is 1.45 bits per heavy atom. The van der Waals surface area contributed by atoms with E-state index in [9.17, 15) is 19.2 Å². The van der Waals surface area contributed by atoms with Crippen LogP contribution in [0.25, 0.3) is 10.4 Å². The molecule has 0 aromatic carbocycles. The van der Waals surface area contributed by atoms with E-state index in [1.165, 1.54) is 6.92 Å². The van der Waals surface area contributed by atoms with Crippen LogP contribution in [0.4, 0.5) is 0 Å². The van der Waals surface area contributed by atoms with Crippen molar-refractivity contribution in [1.29, 1.82) is 0 Å². The molecule has 0 bridgehead atoms. The molecule has 1 aliphatic heterocycles. The van der Waals surface area contributed by atoms with Gasteiger partial charge in [-0.15, -0.1) is 0 Å². The summed E-state index contributed by atoms with van der Waals surface area (Å²) in [6.07, 6.45) is -6.25. The summed E-state index contributed by atoms with van der Waals surface area (Å²) >= 11 is 0. The lowest BCUT2D eigenvalue weighted by Crippen LogP contribution is -2.63. The van der Waals surface area contributed by atoms with Crippen molar-refractivity contribution in [3.05, 3.63) is 10.4 Å². The SMILES string of the molecule is CC(=O)OCC1O[C@@H](OCCN=[N+]=[N-])C(OC(C)=O)[C@@H](OC(C)=O)[C@H]1OC(C)=O. The molecule has 1 saturated heterocycles. The summed E-state index contributed by atoms with van der Waals surface area (Å²) in [6, 6.07) is 0. The third-order valence-corrected chi connectivity index (χ3v) is 3.48. The molecule has 0 saturated carbocycles. The average molecular weight is 417 g/mol. The Morgan fingerprint density at radius 1 is 0.897 bits per heavy atom. The number of nitrogens with zero attached hydrogens (tertiary/aromatic N) is 3. The summed E-state index contributed by atoms with van der Waals surface area (Å²) in [7, 11) is 0. The van der Waals surface area contributed by atoms with E-state index in [2.05, 4.69) is 10.0 Å². The van der Waals surface area contributed by atoms with Crippen molar-refractivity contribution in [2.75, 3.05) is 19.8 Å². The van der Waals surface area contributed by atoms with Gasteiger partial charge in [0.1, 0.15) is 12.7 Å². The van der Waals surface area contributed by atoms with Gasteiger partial charge in [-0.05, 0) is 5.53 Å². The van der Waals surface area contributed by atoms with Crippen LogP contribution in [-0.4, -0.2) is 74.3 Å². The minimum atomic E-state index is -1.31. The minimum Gasteiger partial charge on any atom is -0.463 e. The van der Waals surface area contributed by atoms with Crippen molar-refractivity contribution in [2.24, 2.45) is 5.11 Å². The molecule has 0 spiro atoms. The fourth-order valence-corrected chi connectivity index (χ4v) is 2.58. The van der Waals surface area contributed by atoms with Crippen LogP contribution in [-0.2, 0) is 47.6 Å². The van der Waals surface area contributed by atoms with Crippen LogP contribution >= 0.6 is 0 Å². The quantitative estimate of drug-likeness (QED) is 0.128. The molecule has 0 N–H and O–H groups in total. The van der Waals surface area contributed by atoms with Crippen LogP contribution in [0.2, 0.25) is 0 Å². The molecule has 1 aliphatic rings. The van der Waals surface area contributed by atoms with Gasteiger partial charge in [-0.2, -0.15) is 0 Å². The smallest absolute Gasteiger partial charge is 0.303 e. The van der Waals surface area contributed by atoms with Crippen LogP contribution in [0, 0.1) is 0 Å². The van der Waals surface area contributed by atoms with Crippen LogP contribution in [0.5, 0.6) is 0 Å². The Hall–Kier alpha value is -2.89. The third-order valence-electron chi connectivity index (χ3n) is 3.48. The average Bonchev–Trinajstić information content (AvgIpc) is 2.60. The Labute approximate surface area is 166 Å². The lowest BCUT2D eigenvalue weighted by atomic mass is 9.98. The second-order valence-electron chi connectivity index (χ2n) is 5.89. The first-order chi connectivity index (χ1) is 13.6. The van der Waals surface area contributed by atoms with E-state index >= 15 is 0 Å². The standard InChI is InChI=1S/C16H23N3O10/c1-8(20)25-7-12-13(26-9(2)21)14(27-10(3)22)15(28-11(4)23)16(29-12)24-6-5-18-19-17/h12-16H,5-7H2,1-4H3/t12?,13-,14-,15?,16+/m0/s1. The zero-order chi connectivity index (χ0) is 22.0. The number of hydrogen-bond donors (Lipinski definition) is 0. The number of rotatable bonds is 9. The summed E-state index contributed by atoms with van der Waals surface area (Å²) in [6.45, 7) is 4.01. The molecule has 5 atom stereocenters. The van der Waals surface area contributed by atoms with Crippen molar-refractivity contribution in [2.45, 2.75) is 58.4 Å². The molecule has 1 heterocycles. The number of hydrogen-bond acceptors (Lipinski definition) is 11. The van der Waals surface area contributed by atoms with Gasteiger partial charge in [-0.1, -0.05) is 5.11 Å². The van der Waals surface area contributed by atoms with Crippen LogP contribution in [0.3, 0.4) is 0 Å². The fraction of sp³-hybridized carbons (Fsp3) is 0.750. The fourth-order valence-electron chi connectivity index (χ4n) is 2.58. The van der Waals surface area contributed by atoms with E-state index in [0.717, 1.165) is 20.8 Å². The van der Waals surface area contributed by atoms with Crippen LogP contribution in [0.1, 0.15) is 27.7 Å². The normalized spacial score (nSPS) is 25.9. The maximum atomic E-state index is 11.6. The molecule has 0 amide bonds. The van der Waals surface area contributed by atoms with Gasteiger partial charge in [0.05, 0.1) is 6.61 Å². The molecule has 29 heavy (non-hydrogen) atoms. The lowest BCUT2D eigenvalue weighted by Gasteiger charge is -2.44. The summed E-state index contributed by atoms with van der Waals surface area (Å²) < 4.78 is 31.7. The summed E-state index contributed by atoms with van der Waals surface area (Å²) in [5, 5.41) is 3.31. The number of carbonyl (C=O) groups excluding carboxylic acids is 4. The van der Waals surface area contributed by atoms with Gasteiger partial charge >= 0.3 is 23.9 Å². The van der Waals surface area contributed by atoms with Crippen LogP contribution in [0.15, 0.2) is 5.11 Å². The number of ether oxygens (including phenoxy) is 6. The molecule has 0 aliphatic carbocycles. The summed E-state index contributed by atoms with van der Waals surface area (Å²) in [5.74, 6) is -2.83. The van der Waals surface area contributed by atoms with Crippen molar-refractivity contribution < 1.29 is 47.6 Å². The summed E-state index contributed by atoms with van der Waals surface area (Å²) in [4.78, 5) is 48.5. The van der Waals surface area contributed by atoms with E-state index in [1.807, 2.05) is 0 Å². The van der Waals surface area contributed by atoms with Crippen molar-refractivity contribution in [1.82, 2.24) is 0 Å². The van der Waals surface area contributed by atoms with Crippen molar-refractivity contribution in [3.63, 3.8) is 0 Å². The molecule has 0 radical (unpaired) electrons. The van der Waals surface area contributed by atoms with Gasteiger partial charge in [0.2, 0.25) is 0 Å². The third kappa shape index (κ3) is 8.34. The van der Waals surface area contributed by atoms with E-state index in [1.54, 1.807) is 0 Å². The number of esters is 4. The Morgan fingerprint density at radius 3 is 1.97 bits per heavy atom. The molecule has 0 aromatic rings. The first-order valence-electron chi connectivity index (χ1n) is 8.58. The maximum absolute atomic E-state index is 11.6. The van der Waals surface area contributed by atoms with Crippen molar-refractivity contribution >= 4 is 23.9 Å². The molecule has 162 valence electrons. The first-order valence-corrected chi connectivity index (χ1v) is 8.58. The van der Waals surface area contributed by atoms with E-state index < -0.39 is 54.6 Å². The number of carbonyl (C=O) groups is 4. The maximum Gasteiger partial charge on any atom is 0.303 e. The molecule has 0 aromatic heterocycles. The predicted octanol–water partition coefficient (Wildman–Crippen LogP) is 0.396. The molecule has 1 rings (SSSR count). The second-order valence-corrected chi connectivity index (χ2v) is 5.89. The highest BCUT2D eigenvalue weighted by molar-refractivity contribution is 5.68. The molecular formula is C16H23N3O10. The topological polar surface area (TPSA) is 172 Å². The van der Waals surface area contributed by atoms with Crippen molar-refractivity contribution in [3.8, 4) is 0 Å². The van der Waals surface area contributed by atoms with Gasteiger partial charge in [-0.25, -0.2) is 0 Å².